The summed E-state index contributed by atoms with van der Waals surface area (Å²) >= 11 is 0.673. The zero-order chi connectivity index (χ0) is 18.8. The van der Waals surface area contributed by atoms with Crippen molar-refractivity contribution in [2.45, 2.75) is 12.3 Å². The van der Waals surface area contributed by atoms with Crippen LogP contribution in [0.1, 0.15) is 17.2 Å². The standard InChI is InChI=1S/C12H11F3N4O4S2/c1-25(22,23)19-11-18-17-10(24-11)16-9(21)8(20)6-3-2-4-7(5-6)12(13,14)15/h2-5,8,20H,1H3,(H,18,19)(H,16,17,21). The van der Waals surface area contributed by atoms with Gasteiger partial charge in [-0.2, -0.15) is 13.2 Å². The lowest BCUT2D eigenvalue weighted by atomic mass is 10.1. The number of hydrogen-bond acceptors (Lipinski definition) is 7. The highest BCUT2D eigenvalue weighted by Gasteiger charge is 2.31. The second-order valence-corrected chi connectivity index (χ2v) is 7.53. The molecule has 8 nitrogen and oxygen atoms in total. The van der Waals surface area contributed by atoms with Crippen LogP contribution in [0.5, 0.6) is 0 Å². The third-order valence-electron chi connectivity index (χ3n) is 2.71. The Morgan fingerprint density at radius 1 is 1.28 bits per heavy atom. The lowest BCUT2D eigenvalue weighted by Gasteiger charge is -2.12. The topological polar surface area (TPSA) is 121 Å². The summed E-state index contributed by atoms with van der Waals surface area (Å²) in [7, 11) is -3.58. The molecule has 3 N–H and O–H groups in total. The van der Waals surface area contributed by atoms with E-state index in [1.165, 1.54) is 0 Å². The van der Waals surface area contributed by atoms with Crippen molar-refractivity contribution in [3.63, 3.8) is 0 Å². The number of hydrogen-bond donors (Lipinski definition) is 3. The van der Waals surface area contributed by atoms with Gasteiger partial charge < -0.3 is 5.11 Å². The molecular formula is C12H11F3N4O4S2. The molecule has 0 bridgehead atoms. The normalized spacial score (nSPS) is 13.3. The van der Waals surface area contributed by atoms with E-state index in [1.807, 2.05) is 4.72 Å². The van der Waals surface area contributed by atoms with Gasteiger partial charge in [0, 0.05) is 0 Å². The third-order valence-corrected chi connectivity index (χ3v) is 4.15. The Bertz CT molecular complexity index is 882. The molecule has 2 aromatic rings. The maximum absolute atomic E-state index is 12.7. The summed E-state index contributed by atoms with van der Waals surface area (Å²) in [5.41, 5.74) is -1.27. The second kappa shape index (κ2) is 6.93. The van der Waals surface area contributed by atoms with Crippen molar-refractivity contribution >= 4 is 37.5 Å². The van der Waals surface area contributed by atoms with Gasteiger partial charge in [0.05, 0.1) is 11.8 Å². The number of anilines is 2. The van der Waals surface area contributed by atoms with Gasteiger partial charge in [0.15, 0.2) is 6.10 Å². The molecule has 0 fully saturated rings. The molecule has 0 radical (unpaired) electrons. The van der Waals surface area contributed by atoms with Crippen LogP contribution < -0.4 is 10.0 Å². The number of nitrogens with zero attached hydrogens (tertiary/aromatic N) is 2. The number of alkyl halides is 3. The lowest BCUT2D eigenvalue weighted by Crippen LogP contribution is -2.21. The summed E-state index contributed by atoms with van der Waals surface area (Å²) in [5.74, 6) is -1.04. The molecule has 13 heteroatoms. The zero-order valence-corrected chi connectivity index (χ0v) is 14.0. The third kappa shape index (κ3) is 5.37. The minimum absolute atomic E-state index is 0.119. The van der Waals surface area contributed by atoms with Crippen LogP contribution in [0, 0.1) is 0 Å². The number of halogens is 3. The first-order valence-electron chi connectivity index (χ1n) is 6.43. The van der Waals surface area contributed by atoms with Crippen molar-refractivity contribution < 1.29 is 31.5 Å². The molecule has 1 heterocycles. The van der Waals surface area contributed by atoms with Crippen molar-refractivity contribution in [1.29, 1.82) is 0 Å². The molecule has 1 aromatic carbocycles. The fourth-order valence-corrected chi connectivity index (χ4v) is 3.16. The average molecular weight is 396 g/mol. The number of nitrogens with one attached hydrogen (secondary N) is 2. The molecule has 25 heavy (non-hydrogen) atoms. The summed E-state index contributed by atoms with van der Waals surface area (Å²) in [6.07, 6.45) is -5.60. The Morgan fingerprint density at radius 3 is 2.52 bits per heavy atom. The Morgan fingerprint density at radius 2 is 1.92 bits per heavy atom. The number of sulfonamides is 1. The smallest absolute Gasteiger partial charge is 0.378 e. The summed E-state index contributed by atoms with van der Waals surface area (Å²) in [6.45, 7) is 0. The van der Waals surface area contributed by atoms with E-state index in [9.17, 15) is 31.5 Å². The monoisotopic (exact) mass is 396 g/mol. The molecule has 136 valence electrons. The van der Waals surface area contributed by atoms with Gasteiger partial charge in [-0.15, -0.1) is 10.2 Å². The minimum atomic E-state index is -4.61. The van der Waals surface area contributed by atoms with E-state index >= 15 is 0 Å². The number of rotatable bonds is 5. The van der Waals surface area contributed by atoms with Crippen LogP contribution in [0.25, 0.3) is 0 Å². The van der Waals surface area contributed by atoms with E-state index in [1.54, 1.807) is 0 Å². The summed E-state index contributed by atoms with van der Waals surface area (Å²) in [6, 6.07) is 3.69. The first kappa shape index (κ1) is 19.1. The highest BCUT2D eigenvalue weighted by atomic mass is 32.2. The maximum Gasteiger partial charge on any atom is 0.416 e. The second-order valence-electron chi connectivity index (χ2n) is 4.80. The molecule has 0 saturated heterocycles. The number of carbonyl (C=O) groups is 1. The Labute approximate surface area is 143 Å². The molecule has 1 aromatic heterocycles. The van der Waals surface area contributed by atoms with E-state index < -0.39 is 33.8 Å². The van der Waals surface area contributed by atoms with Gasteiger partial charge >= 0.3 is 6.18 Å². The largest absolute Gasteiger partial charge is 0.416 e. The van der Waals surface area contributed by atoms with Gasteiger partial charge in [0.2, 0.25) is 20.3 Å². The zero-order valence-electron chi connectivity index (χ0n) is 12.4. The SMILES string of the molecule is CS(=O)(=O)Nc1nnc(NC(=O)C(O)c2cccc(C(F)(F)F)c2)s1. The number of aliphatic hydroxyl groups excluding tert-OH is 1. The fraction of sp³-hybridized carbons (Fsp3) is 0.250. The van der Waals surface area contributed by atoms with Crippen molar-refractivity contribution in [3.05, 3.63) is 35.4 Å². The van der Waals surface area contributed by atoms with E-state index in [0.717, 1.165) is 24.5 Å². The average Bonchev–Trinajstić information content (AvgIpc) is 2.90. The molecule has 1 atom stereocenters. The number of benzene rings is 1. The van der Waals surface area contributed by atoms with Crippen LogP contribution >= 0.6 is 11.3 Å². The summed E-state index contributed by atoms with van der Waals surface area (Å²) < 4.78 is 62.1. The van der Waals surface area contributed by atoms with Gasteiger partial charge in [0.1, 0.15) is 0 Å². The molecule has 2 rings (SSSR count). The van der Waals surface area contributed by atoms with E-state index in [0.29, 0.717) is 17.4 Å². The van der Waals surface area contributed by atoms with Gasteiger partial charge in [-0.3, -0.25) is 14.8 Å². The van der Waals surface area contributed by atoms with E-state index in [2.05, 4.69) is 15.5 Å². The molecular weight excluding hydrogens is 385 g/mol. The molecule has 1 amide bonds. The summed E-state index contributed by atoms with van der Waals surface area (Å²) in [5, 5.41) is 18.7. The van der Waals surface area contributed by atoms with Crippen LogP contribution in [-0.2, 0) is 21.0 Å². The van der Waals surface area contributed by atoms with Crippen molar-refractivity contribution in [1.82, 2.24) is 10.2 Å². The Balaban J connectivity index is 2.11. The maximum atomic E-state index is 12.7. The Kier molecular flexibility index (Phi) is 5.29. The number of amides is 1. The van der Waals surface area contributed by atoms with Crippen LogP contribution in [0.4, 0.5) is 23.4 Å². The molecule has 0 aliphatic carbocycles. The van der Waals surface area contributed by atoms with Crippen LogP contribution in [-0.4, -0.2) is 35.9 Å². The molecule has 0 saturated carbocycles. The minimum Gasteiger partial charge on any atom is -0.378 e. The lowest BCUT2D eigenvalue weighted by molar-refractivity contribution is -0.138. The van der Waals surface area contributed by atoms with Crippen LogP contribution in [0.2, 0.25) is 0 Å². The summed E-state index contributed by atoms with van der Waals surface area (Å²) in [4.78, 5) is 11.9. The van der Waals surface area contributed by atoms with Crippen molar-refractivity contribution in [3.8, 4) is 0 Å². The Hall–Kier alpha value is -2.25. The quantitative estimate of drug-likeness (QED) is 0.706. The van der Waals surface area contributed by atoms with E-state index in [4.69, 9.17) is 0 Å². The molecule has 0 spiro atoms. The van der Waals surface area contributed by atoms with Crippen LogP contribution in [0.3, 0.4) is 0 Å². The van der Waals surface area contributed by atoms with Gasteiger partial charge in [-0.1, -0.05) is 23.5 Å². The molecule has 0 aliphatic rings. The van der Waals surface area contributed by atoms with Gasteiger partial charge in [0.25, 0.3) is 5.91 Å². The number of aromatic nitrogens is 2. The number of aliphatic hydroxyl groups is 1. The fourth-order valence-electron chi connectivity index (χ4n) is 1.68. The van der Waals surface area contributed by atoms with E-state index in [-0.39, 0.29) is 15.8 Å². The van der Waals surface area contributed by atoms with Crippen LogP contribution in [0.15, 0.2) is 24.3 Å². The van der Waals surface area contributed by atoms with Gasteiger partial charge in [-0.05, 0) is 17.7 Å². The predicted molar refractivity (Wildman–Crippen MR) is 83.4 cm³/mol. The molecule has 0 aliphatic heterocycles. The highest BCUT2D eigenvalue weighted by Crippen LogP contribution is 2.31. The van der Waals surface area contributed by atoms with Crippen molar-refractivity contribution in [2.75, 3.05) is 16.3 Å². The molecule has 1 unspecified atom stereocenters. The first-order chi connectivity index (χ1) is 11.5. The van der Waals surface area contributed by atoms with Gasteiger partial charge in [-0.25, -0.2) is 8.42 Å². The number of carbonyl (C=O) groups excluding carboxylic acids is 1. The predicted octanol–water partition coefficient (Wildman–Crippen LogP) is 1.60. The highest BCUT2D eigenvalue weighted by molar-refractivity contribution is 7.92. The first-order valence-corrected chi connectivity index (χ1v) is 9.14. The van der Waals surface area contributed by atoms with Crippen molar-refractivity contribution in [2.24, 2.45) is 0 Å².